The first-order chi connectivity index (χ1) is 8.82. The summed E-state index contributed by atoms with van der Waals surface area (Å²) in [4.78, 5) is 22.7. The van der Waals surface area contributed by atoms with Crippen molar-refractivity contribution in [3.8, 4) is 0 Å². The van der Waals surface area contributed by atoms with E-state index in [1.165, 1.54) is 13.8 Å². The van der Waals surface area contributed by atoms with Crippen molar-refractivity contribution in [1.29, 1.82) is 0 Å². The first-order valence-corrected chi connectivity index (χ1v) is 6.11. The fraction of sp³-hybridized carbons (Fsp3) is 0.333. The van der Waals surface area contributed by atoms with Gasteiger partial charge in [-0.05, 0) is 33.3 Å². The molecule has 4 heteroatoms. The molecule has 0 spiro atoms. The van der Waals surface area contributed by atoms with Crippen molar-refractivity contribution < 1.29 is 14.7 Å². The van der Waals surface area contributed by atoms with Gasteiger partial charge in [-0.15, -0.1) is 0 Å². The van der Waals surface area contributed by atoms with Crippen LogP contribution in [0, 0.1) is 6.92 Å². The van der Waals surface area contributed by atoms with E-state index >= 15 is 0 Å². The summed E-state index contributed by atoms with van der Waals surface area (Å²) in [5, 5.41) is 11.6. The van der Waals surface area contributed by atoms with Gasteiger partial charge in [0.05, 0.1) is 6.04 Å². The maximum atomic E-state index is 11.9. The van der Waals surface area contributed by atoms with Gasteiger partial charge in [-0.3, -0.25) is 4.79 Å². The molecule has 0 aromatic heterocycles. The number of aryl methyl sites for hydroxylation is 1. The second-order valence-electron chi connectivity index (χ2n) is 4.66. The SMILES string of the molecule is C/C(C(=O)O)=C(\C)C(=O)N[C@H](C)c1ccc(C)cc1. The molecule has 19 heavy (non-hydrogen) atoms. The van der Waals surface area contributed by atoms with Crippen molar-refractivity contribution in [3.63, 3.8) is 0 Å². The average Bonchev–Trinajstić information content (AvgIpc) is 2.37. The third kappa shape index (κ3) is 3.95. The Labute approximate surface area is 113 Å². The van der Waals surface area contributed by atoms with Gasteiger partial charge in [0.25, 0.3) is 0 Å². The minimum atomic E-state index is -1.07. The van der Waals surface area contributed by atoms with Gasteiger partial charge in [0.1, 0.15) is 0 Å². The molecule has 4 nitrogen and oxygen atoms in total. The highest BCUT2D eigenvalue weighted by Gasteiger charge is 2.15. The smallest absolute Gasteiger partial charge is 0.331 e. The summed E-state index contributed by atoms with van der Waals surface area (Å²) in [5.74, 6) is -1.43. The molecule has 0 aliphatic rings. The lowest BCUT2D eigenvalue weighted by Crippen LogP contribution is -2.28. The molecule has 0 fully saturated rings. The van der Waals surface area contributed by atoms with E-state index in [9.17, 15) is 9.59 Å². The van der Waals surface area contributed by atoms with E-state index in [4.69, 9.17) is 5.11 Å². The molecule has 0 aliphatic carbocycles. The van der Waals surface area contributed by atoms with Crippen LogP contribution in [-0.2, 0) is 9.59 Å². The number of hydrogen-bond acceptors (Lipinski definition) is 2. The van der Waals surface area contributed by atoms with Gasteiger partial charge in [-0.25, -0.2) is 4.79 Å². The van der Waals surface area contributed by atoms with E-state index in [1.54, 1.807) is 0 Å². The summed E-state index contributed by atoms with van der Waals surface area (Å²) in [6, 6.07) is 7.68. The summed E-state index contributed by atoms with van der Waals surface area (Å²) < 4.78 is 0. The minimum Gasteiger partial charge on any atom is -0.478 e. The van der Waals surface area contributed by atoms with Crippen LogP contribution in [0.15, 0.2) is 35.4 Å². The monoisotopic (exact) mass is 261 g/mol. The van der Waals surface area contributed by atoms with E-state index in [0.29, 0.717) is 0 Å². The molecule has 1 amide bonds. The lowest BCUT2D eigenvalue weighted by molar-refractivity contribution is -0.133. The Bertz CT molecular complexity index is 515. The number of carbonyl (C=O) groups is 2. The topological polar surface area (TPSA) is 66.4 Å². The Morgan fingerprint density at radius 2 is 1.63 bits per heavy atom. The number of hydrogen-bond donors (Lipinski definition) is 2. The highest BCUT2D eigenvalue weighted by Crippen LogP contribution is 2.14. The predicted molar refractivity (Wildman–Crippen MR) is 73.7 cm³/mol. The number of amides is 1. The maximum absolute atomic E-state index is 11.9. The molecule has 1 rings (SSSR count). The highest BCUT2D eigenvalue weighted by molar-refractivity contribution is 6.01. The van der Waals surface area contributed by atoms with Gasteiger partial charge in [0.2, 0.25) is 5.91 Å². The van der Waals surface area contributed by atoms with Gasteiger partial charge in [-0.1, -0.05) is 29.8 Å². The summed E-state index contributed by atoms with van der Waals surface area (Å²) in [5.41, 5.74) is 2.43. The first-order valence-electron chi connectivity index (χ1n) is 6.11. The largest absolute Gasteiger partial charge is 0.478 e. The molecule has 0 radical (unpaired) electrons. The number of rotatable bonds is 4. The second-order valence-corrected chi connectivity index (χ2v) is 4.66. The van der Waals surface area contributed by atoms with Crippen LogP contribution in [0.1, 0.15) is 37.9 Å². The van der Waals surface area contributed by atoms with Crippen LogP contribution in [-0.4, -0.2) is 17.0 Å². The van der Waals surface area contributed by atoms with Gasteiger partial charge in [0.15, 0.2) is 0 Å². The summed E-state index contributed by atoms with van der Waals surface area (Å²) in [7, 11) is 0. The molecule has 0 saturated heterocycles. The number of carboxylic acids is 1. The zero-order chi connectivity index (χ0) is 14.6. The molecule has 0 bridgehead atoms. The molecule has 1 aromatic carbocycles. The fourth-order valence-electron chi connectivity index (χ4n) is 1.57. The van der Waals surface area contributed by atoms with Gasteiger partial charge >= 0.3 is 5.97 Å². The third-order valence-electron chi connectivity index (χ3n) is 3.15. The van der Waals surface area contributed by atoms with Crippen molar-refractivity contribution in [1.82, 2.24) is 5.32 Å². The Hall–Kier alpha value is -2.10. The lowest BCUT2D eigenvalue weighted by atomic mass is 10.1. The molecule has 0 unspecified atom stereocenters. The highest BCUT2D eigenvalue weighted by atomic mass is 16.4. The Morgan fingerprint density at radius 3 is 2.11 bits per heavy atom. The number of carboxylic acid groups (broad SMARTS) is 1. The number of carbonyl (C=O) groups excluding carboxylic acids is 1. The van der Waals surface area contributed by atoms with Crippen LogP contribution in [0.25, 0.3) is 0 Å². The van der Waals surface area contributed by atoms with Crippen LogP contribution in [0.2, 0.25) is 0 Å². The van der Waals surface area contributed by atoms with Crippen molar-refractivity contribution in [2.24, 2.45) is 0 Å². The zero-order valence-corrected chi connectivity index (χ0v) is 11.7. The number of benzene rings is 1. The van der Waals surface area contributed by atoms with Crippen LogP contribution >= 0.6 is 0 Å². The quantitative estimate of drug-likeness (QED) is 0.819. The molecular weight excluding hydrogens is 242 g/mol. The average molecular weight is 261 g/mol. The molecular formula is C15H19NO3. The van der Waals surface area contributed by atoms with Crippen LogP contribution in [0.5, 0.6) is 0 Å². The fourth-order valence-corrected chi connectivity index (χ4v) is 1.57. The standard InChI is InChI=1S/C15H19NO3/c1-9-5-7-13(8-6-9)12(4)16-14(17)10(2)11(3)15(18)19/h5-8,12H,1-4H3,(H,16,17)(H,18,19)/b11-10-/t12-/m1/s1. The maximum Gasteiger partial charge on any atom is 0.331 e. The number of aliphatic carboxylic acids is 1. The Kier molecular flexibility index (Phi) is 4.87. The van der Waals surface area contributed by atoms with E-state index in [-0.39, 0.29) is 23.1 Å². The van der Waals surface area contributed by atoms with Gasteiger partial charge in [-0.2, -0.15) is 0 Å². The predicted octanol–water partition coefficient (Wildman–Crippen LogP) is 2.59. The molecule has 0 aliphatic heterocycles. The second kappa shape index (κ2) is 6.18. The van der Waals surface area contributed by atoms with Gasteiger partial charge < -0.3 is 10.4 Å². The molecule has 1 aromatic rings. The lowest BCUT2D eigenvalue weighted by Gasteiger charge is -2.15. The molecule has 0 saturated carbocycles. The summed E-state index contributed by atoms with van der Waals surface area (Å²) >= 11 is 0. The first kappa shape index (κ1) is 15.0. The van der Waals surface area contributed by atoms with E-state index in [0.717, 1.165) is 11.1 Å². The Balaban J connectivity index is 2.80. The van der Waals surface area contributed by atoms with Crippen LogP contribution < -0.4 is 5.32 Å². The van der Waals surface area contributed by atoms with Crippen molar-refractivity contribution in [2.75, 3.05) is 0 Å². The van der Waals surface area contributed by atoms with Crippen LogP contribution in [0.4, 0.5) is 0 Å². The van der Waals surface area contributed by atoms with E-state index in [1.807, 2.05) is 38.1 Å². The van der Waals surface area contributed by atoms with E-state index < -0.39 is 5.97 Å². The van der Waals surface area contributed by atoms with Gasteiger partial charge in [0, 0.05) is 11.1 Å². The van der Waals surface area contributed by atoms with E-state index in [2.05, 4.69) is 5.32 Å². The summed E-state index contributed by atoms with van der Waals surface area (Å²) in [6.45, 7) is 6.80. The molecule has 0 heterocycles. The van der Waals surface area contributed by atoms with Crippen LogP contribution in [0.3, 0.4) is 0 Å². The third-order valence-corrected chi connectivity index (χ3v) is 3.15. The Morgan fingerprint density at radius 1 is 1.11 bits per heavy atom. The summed E-state index contributed by atoms with van der Waals surface area (Å²) in [6.07, 6.45) is 0. The zero-order valence-electron chi connectivity index (χ0n) is 11.7. The number of nitrogens with one attached hydrogen (secondary N) is 1. The minimum absolute atomic E-state index is 0.0635. The molecule has 1 atom stereocenters. The van der Waals surface area contributed by atoms with Crippen molar-refractivity contribution in [3.05, 3.63) is 46.5 Å². The van der Waals surface area contributed by atoms with Crippen molar-refractivity contribution >= 4 is 11.9 Å². The normalized spacial score (nSPS) is 13.5. The van der Waals surface area contributed by atoms with Crippen molar-refractivity contribution in [2.45, 2.75) is 33.7 Å². The molecule has 2 N–H and O–H groups in total. The molecule has 102 valence electrons.